The third-order valence-electron chi connectivity index (χ3n) is 9.08. The van der Waals surface area contributed by atoms with Crippen molar-refractivity contribution < 1.29 is 70.2 Å². The van der Waals surface area contributed by atoms with Gasteiger partial charge >= 0.3 is 35.0 Å². The summed E-state index contributed by atoms with van der Waals surface area (Å²) in [5.41, 5.74) is 20.7. The Morgan fingerprint density at radius 3 is 0.972 bits per heavy atom. The molecule has 16 N–H and O–H groups in total. The van der Waals surface area contributed by atoms with E-state index in [1.54, 1.807) is 109 Å². The maximum absolute atomic E-state index is 10.3. The number of aliphatic carboxylic acids is 4. The molecule has 71 heavy (non-hydrogen) atoms. The molecule has 19 heteroatoms. The van der Waals surface area contributed by atoms with Gasteiger partial charge in [-0.3, -0.25) is 9.59 Å². The van der Waals surface area contributed by atoms with E-state index in [1.807, 2.05) is 26.0 Å². The first-order valence-corrected chi connectivity index (χ1v) is 23.8. The van der Waals surface area contributed by atoms with Gasteiger partial charge in [0.25, 0.3) is 0 Å². The van der Waals surface area contributed by atoms with E-state index in [4.69, 9.17) is 33.1 Å². The number of allylic oxidation sites excluding steroid dienone is 12. The van der Waals surface area contributed by atoms with Crippen LogP contribution in [0.15, 0.2) is 122 Å². The van der Waals surface area contributed by atoms with Gasteiger partial charge in [0.15, 0.2) is 0 Å². The molecule has 0 aliphatic carbocycles. The number of hydrogen-bond acceptors (Lipinski definition) is 16. The summed E-state index contributed by atoms with van der Waals surface area (Å²) in [6, 6.07) is -1.65. The fraction of sp³-hybridized carbons (Fsp3) is 0.538. The Hall–Kier alpha value is -4.35. The minimum Gasteiger partial charge on any atom is -0.548 e. The summed E-state index contributed by atoms with van der Waals surface area (Å²) in [6.45, 7) is 4.96. The summed E-state index contributed by atoms with van der Waals surface area (Å²) in [6.07, 6.45) is 39.3. The molecule has 0 saturated heterocycles. The number of hydrogen-bond donors (Lipinski definition) is 12. The molecule has 0 rings (SSSR count). The zero-order chi connectivity index (χ0) is 53.8. The van der Waals surface area contributed by atoms with Crippen LogP contribution in [0.25, 0.3) is 0 Å². The van der Waals surface area contributed by atoms with Gasteiger partial charge < -0.3 is 83.6 Å². The van der Waals surface area contributed by atoms with Gasteiger partial charge in [0.05, 0.1) is 48.6 Å². The van der Waals surface area contributed by atoms with Crippen LogP contribution in [-0.4, -0.2) is 150 Å². The Bertz CT molecular complexity index is 1500. The first kappa shape index (κ1) is 75.6. The van der Waals surface area contributed by atoms with Gasteiger partial charge in [0.1, 0.15) is 0 Å². The zero-order valence-electron chi connectivity index (χ0n) is 41.9. The fourth-order valence-electron chi connectivity index (χ4n) is 4.80. The van der Waals surface area contributed by atoms with Crippen LogP contribution in [0, 0.1) is 0 Å². The zero-order valence-corrected chi connectivity index (χ0v) is 43.4. The number of carboxylic acid groups (broad SMARTS) is 4. The van der Waals surface area contributed by atoms with Gasteiger partial charge in [-0.1, -0.05) is 148 Å². The summed E-state index contributed by atoms with van der Waals surface area (Å²) >= 11 is 0. The number of unbranched alkanes of at least 4 members (excludes halogenated alkanes) is 2. The van der Waals surface area contributed by atoms with Gasteiger partial charge in [-0.05, 0) is 90.1 Å². The molecular weight excluding hydrogens is 929 g/mol. The van der Waals surface area contributed by atoms with Crippen molar-refractivity contribution in [1.29, 1.82) is 0 Å². The van der Waals surface area contributed by atoms with Crippen molar-refractivity contribution >= 4 is 46.9 Å². The number of carbonyl (C=O) groups is 4. The minimum atomic E-state index is -1.18. The largest absolute Gasteiger partial charge is 2.00 e. The van der Waals surface area contributed by atoms with E-state index in [0.717, 1.165) is 25.7 Å². The summed E-state index contributed by atoms with van der Waals surface area (Å²) in [4.78, 5) is 40.8. The number of aliphatic hydroxyl groups excluding tert-OH is 6. The van der Waals surface area contributed by atoms with Crippen molar-refractivity contribution in [3.05, 3.63) is 122 Å². The second kappa shape index (κ2) is 56.6. The number of carbonyl (C=O) groups excluding carboxylic acids is 2. The molecule has 0 aromatic rings. The van der Waals surface area contributed by atoms with E-state index in [2.05, 4.69) is 0 Å². The van der Waals surface area contributed by atoms with Crippen LogP contribution >= 0.6 is 0 Å². The molecule has 0 aliphatic heterocycles. The maximum Gasteiger partial charge on any atom is 2.00 e. The van der Waals surface area contributed by atoms with Crippen molar-refractivity contribution in [2.45, 2.75) is 165 Å². The van der Waals surface area contributed by atoms with Crippen molar-refractivity contribution in [3.63, 3.8) is 0 Å². The van der Waals surface area contributed by atoms with Crippen LogP contribution in [0.1, 0.15) is 117 Å². The van der Waals surface area contributed by atoms with Gasteiger partial charge in [-0.25, -0.2) is 0 Å². The SMILES string of the molecule is CC[C@H](O)/C=C/C=C\C[C@H](O)/C=C/C=C/C=C\[C@H](O)CCCC(=O)O.CC[C@H](O)/C=C/C=C\C[C@H](O)/C=C/C=C/C=C\[C@H](O)CCCC(=O)O.NCCCC[C@H](N)C(=O)[O-].NCCCC[C@H](N)C(=O)[O-].[Mg+2]. The predicted octanol–water partition coefficient (Wildman–Crippen LogP) is 1.81. The van der Waals surface area contributed by atoms with Crippen LogP contribution in [0.3, 0.4) is 0 Å². The van der Waals surface area contributed by atoms with Crippen LogP contribution in [0.5, 0.6) is 0 Å². The van der Waals surface area contributed by atoms with Crippen molar-refractivity contribution in [2.75, 3.05) is 13.1 Å². The molecule has 0 amide bonds. The van der Waals surface area contributed by atoms with Crippen LogP contribution in [0.4, 0.5) is 0 Å². The average molecular weight is 1020 g/mol. The van der Waals surface area contributed by atoms with Crippen LogP contribution in [0.2, 0.25) is 0 Å². The van der Waals surface area contributed by atoms with Crippen LogP contribution in [-0.2, 0) is 19.2 Å². The Labute approximate surface area is 438 Å². The quantitative estimate of drug-likeness (QED) is 0.0242. The molecule has 0 spiro atoms. The summed E-state index contributed by atoms with van der Waals surface area (Å²) < 4.78 is 0. The van der Waals surface area contributed by atoms with Gasteiger partial charge in [0, 0.05) is 24.9 Å². The fourth-order valence-corrected chi connectivity index (χ4v) is 4.80. The van der Waals surface area contributed by atoms with Crippen molar-refractivity contribution in [2.24, 2.45) is 22.9 Å². The molecule has 18 nitrogen and oxygen atoms in total. The summed E-state index contributed by atoms with van der Waals surface area (Å²) in [5.74, 6) is -4.08. The molecule has 0 aromatic heterocycles. The second-order valence-corrected chi connectivity index (χ2v) is 15.6. The van der Waals surface area contributed by atoms with Gasteiger partial charge in [-0.15, -0.1) is 0 Å². The Kier molecular flexibility index (Phi) is 60.2. The van der Waals surface area contributed by atoms with E-state index in [-0.39, 0.29) is 35.9 Å². The van der Waals surface area contributed by atoms with E-state index >= 15 is 0 Å². The normalized spacial score (nSPS) is 15.4. The first-order chi connectivity index (χ1) is 33.3. The molecule has 0 aromatic carbocycles. The number of aliphatic hydroxyl groups is 6. The average Bonchev–Trinajstić information content (AvgIpc) is 3.31. The molecule has 8 atom stereocenters. The molecule has 0 unspecified atom stereocenters. The molecule has 400 valence electrons. The molecule has 0 saturated carbocycles. The third-order valence-corrected chi connectivity index (χ3v) is 9.08. The minimum absolute atomic E-state index is 0. The van der Waals surface area contributed by atoms with E-state index in [9.17, 15) is 60.0 Å². The number of nitrogens with two attached hydrogens (primary N) is 4. The Morgan fingerprint density at radius 2 is 0.704 bits per heavy atom. The molecule has 0 fully saturated rings. The van der Waals surface area contributed by atoms with Gasteiger partial charge in [0.2, 0.25) is 0 Å². The molecular formula is C52H86MgN4O14. The topological polar surface area (TPSA) is 380 Å². The van der Waals surface area contributed by atoms with Crippen molar-refractivity contribution in [1.82, 2.24) is 0 Å². The predicted molar refractivity (Wildman–Crippen MR) is 278 cm³/mol. The third kappa shape index (κ3) is 65.6. The second-order valence-electron chi connectivity index (χ2n) is 15.6. The first-order valence-electron chi connectivity index (χ1n) is 23.8. The molecule has 0 heterocycles. The van der Waals surface area contributed by atoms with E-state index in [1.165, 1.54) is 0 Å². The van der Waals surface area contributed by atoms with E-state index < -0.39 is 72.6 Å². The van der Waals surface area contributed by atoms with Gasteiger partial charge in [-0.2, -0.15) is 0 Å². The number of rotatable bonds is 36. The van der Waals surface area contributed by atoms with Crippen molar-refractivity contribution in [3.8, 4) is 0 Å². The standard InChI is InChI=1S/2C20H30O5.2C6H14N2O2.Mg/c2*1-2-17(21)11-8-5-9-14-18(22)12-6-3-4-7-13-19(23)15-10-16-20(24)25;2*7-4-2-1-3-5(8)6(9)10;/h2*3-9,11-13,17-19,21-23H,2,10,14-16H2,1H3,(H,24,25);2*5H,1-4,7-8H2,(H,9,10);/q;;;;+2/p-2/b2*4-3+,9-5-,11-8+,12-6+,13-7-;;;/t2*17-,18+,19-;2*5-;/m0000./s1. The Balaban J connectivity index is -0.000000294. The molecule has 0 aliphatic rings. The smallest absolute Gasteiger partial charge is 0.548 e. The Morgan fingerprint density at radius 1 is 0.423 bits per heavy atom. The molecule has 0 bridgehead atoms. The van der Waals surface area contributed by atoms with E-state index in [0.29, 0.717) is 77.3 Å². The summed E-state index contributed by atoms with van der Waals surface area (Å²) in [5, 5.41) is 94.4. The molecule has 0 radical (unpaired) electrons. The monoisotopic (exact) mass is 1010 g/mol. The summed E-state index contributed by atoms with van der Waals surface area (Å²) in [7, 11) is 0. The van der Waals surface area contributed by atoms with Crippen LogP contribution < -0.4 is 33.1 Å². The maximum atomic E-state index is 10.3. The number of carboxylic acids is 4.